The van der Waals surface area contributed by atoms with Crippen LogP contribution in [0.25, 0.3) is 0 Å². The fourth-order valence-electron chi connectivity index (χ4n) is 2.66. The maximum absolute atomic E-state index is 13.8. The summed E-state index contributed by atoms with van der Waals surface area (Å²) in [7, 11) is 0. The topological polar surface area (TPSA) is 61.4 Å². The van der Waals surface area contributed by atoms with Crippen LogP contribution >= 0.6 is 15.9 Å². The Labute approximate surface area is 179 Å². The number of hydrogen-bond donors (Lipinski definition) is 2. The average Bonchev–Trinajstić information content (AvgIpc) is 2.69. The van der Waals surface area contributed by atoms with E-state index in [2.05, 4.69) is 26.6 Å². The zero-order valence-electron chi connectivity index (χ0n) is 16.1. The van der Waals surface area contributed by atoms with E-state index < -0.39 is 40.8 Å². The first-order valence-corrected chi connectivity index (χ1v) is 9.91. The van der Waals surface area contributed by atoms with Crippen molar-refractivity contribution >= 4 is 39.1 Å². The van der Waals surface area contributed by atoms with Crippen LogP contribution in [0.4, 0.5) is 28.9 Å². The summed E-state index contributed by atoms with van der Waals surface area (Å²) in [4.78, 5) is 25.9. The standard InChI is InChI=1S/C20H20BrF4N3O2/c1-2-8-28(9-7-17(29)26-15-5-3-12(21)10-14(15)23)11-18(30)27-16-6-4-13(22)19(24)20(16)25/h3-6,10H,2,7-9,11H2,1H3,(H,26,29)(H,27,30). The molecule has 2 N–H and O–H groups in total. The molecule has 0 bridgehead atoms. The summed E-state index contributed by atoms with van der Waals surface area (Å²) in [6, 6.07) is 5.87. The number of anilines is 2. The van der Waals surface area contributed by atoms with E-state index in [1.807, 2.05) is 6.92 Å². The second-order valence-corrected chi connectivity index (χ2v) is 7.39. The Morgan fingerprint density at radius 1 is 0.900 bits per heavy atom. The molecule has 2 aromatic rings. The fraction of sp³-hybridized carbons (Fsp3) is 0.300. The van der Waals surface area contributed by atoms with Gasteiger partial charge in [0.15, 0.2) is 17.5 Å². The van der Waals surface area contributed by atoms with Crippen molar-refractivity contribution < 1.29 is 27.2 Å². The van der Waals surface area contributed by atoms with Gasteiger partial charge in [-0.25, -0.2) is 17.6 Å². The molecule has 10 heteroatoms. The molecule has 0 fully saturated rings. The van der Waals surface area contributed by atoms with Gasteiger partial charge in [0.2, 0.25) is 11.8 Å². The molecule has 30 heavy (non-hydrogen) atoms. The minimum atomic E-state index is -1.67. The Morgan fingerprint density at radius 3 is 2.23 bits per heavy atom. The fourth-order valence-corrected chi connectivity index (χ4v) is 3.00. The summed E-state index contributed by atoms with van der Waals surface area (Å²) in [6.45, 7) is 2.34. The highest BCUT2D eigenvalue weighted by atomic mass is 79.9. The Bertz CT molecular complexity index is 927. The van der Waals surface area contributed by atoms with Crippen molar-refractivity contribution in [3.05, 3.63) is 58.1 Å². The van der Waals surface area contributed by atoms with Gasteiger partial charge in [0.25, 0.3) is 0 Å². The summed E-state index contributed by atoms with van der Waals surface area (Å²) in [6.07, 6.45) is 0.665. The van der Waals surface area contributed by atoms with Gasteiger partial charge >= 0.3 is 0 Å². The van der Waals surface area contributed by atoms with Crippen molar-refractivity contribution in [2.24, 2.45) is 0 Å². The predicted molar refractivity (Wildman–Crippen MR) is 109 cm³/mol. The minimum Gasteiger partial charge on any atom is -0.324 e. The van der Waals surface area contributed by atoms with Crippen LogP contribution in [-0.4, -0.2) is 36.3 Å². The molecule has 0 heterocycles. The molecule has 2 aromatic carbocycles. The van der Waals surface area contributed by atoms with Crippen molar-refractivity contribution in [3.8, 4) is 0 Å². The first-order valence-electron chi connectivity index (χ1n) is 9.11. The van der Waals surface area contributed by atoms with E-state index in [9.17, 15) is 27.2 Å². The first-order chi connectivity index (χ1) is 14.2. The van der Waals surface area contributed by atoms with Gasteiger partial charge in [-0.2, -0.15) is 0 Å². The SMILES string of the molecule is CCCN(CCC(=O)Nc1ccc(Br)cc1F)CC(=O)Nc1ccc(F)c(F)c1F. The molecule has 0 aliphatic heterocycles. The molecule has 0 saturated carbocycles. The largest absolute Gasteiger partial charge is 0.324 e. The van der Waals surface area contributed by atoms with Crippen LogP contribution in [0.3, 0.4) is 0 Å². The lowest BCUT2D eigenvalue weighted by Gasteiger charge is -2.21. The molecule has 0 aliphatic rings. The van der Waals surface area contributed by atoms with Gasteiger partial charge in [0.1, 0.15) is 5.82 Å². The van der Waals surface area contributed by atoms with E-state index in [-0.39, 0.29) is 25.2 Å². The van der Waals surface area contributed by atoms with Crippen molar-refractivity contribution in [3.63, 3.8) is 0 Å². The molecule has 2 amide bonds. The van der Waals surface area contributed by atoms with Crippen LogP contribution in [-0.2, 0) is 9.59 Å². The molecule has 0 atom stereocenters. The van der Waals surface area contributed by atoms with Crippen LogP contribution in [0.1, 0.15) is 19.8 Å². The van der Waals surface area contributed by atoms with Gasteiger partial charge < -0.3 is 10.6 Å². The van der Waals surface area contributed by atoms with Gasteiger partial charge in [-0.3, -0.25) is 14.5 Å². The van der Waals surface area contributed by atoms with Crippen LogP contribution in [0.15, 0.2) is 34.8 Å². The number of rotatable bonds is 9. The molecule has 2 rings (SSSR count). The van der Waals surface area contributed by atoms with E-state index in [4.69, 9.17) is 0 Å². The van der Waals surface area contributed by atoms with E-state index >= 15 is 0 Å². The number of benzene rings is 2. The monoisotopic (exact) mass is 489 g/mol. The normalized spacial score (nSPS) is 10.9. The van der Waals surface area contributed by atoms with Gasteiger partial charge in [-0.05, 0) is 43.3 Å². The maximum atomic E-state index is 13.8. The van der Waals surface area contributed by atoms with Gasteiger partial charge in [0.05, 0.1) is 17.9 Å². The summed E-state index contributed by atoms with van der Waals surface area (Å²) >= 11 is 3.13. The number of halogens is 5. The molecule has 0 saturated heterocycles. The molecule has 5 nitrogen and oxygen atoms in total. The number of nitrogens with zero attached hydrogens (tertiary/aromatic N) is 1. The van der Waals surface area contributed by atoms with Gasteiger partial charge in [-0.1, -0.05) is 22.9 Å². The lowest BCUT2D eigenvalue weighted by Crippen LogP contribution is -2.36. The molecule has 162 valence electrons. The smallest absolute Gasteiger partial charge is 0.238 e. The van der Waals surface area contributed by atoms with Crippen LogP contribution in [0, 0.1) is 23.3 Å². The molecular weight excluding hydrogens is 470 g/mol. The number of hydrogen-bond acceptors (Lipinski definition) is 3. The lowest BCUT2D eigenvalue weighted by atomic mass is 10.2. The average molecular weight is 490 g/mol. The zero-order chi connectivity index (χ0) is 22.3. The maximum Gasteiger partial charge on any atom is 0.238 e. The summed E-state index contributed by atoms with van der Waals surface area (Å²) in [5, 5.41) is 4.65. The minimum absolute atomic E-state index is 0.0116. The Hall–Kier alpha value is -2.46. The third-order valence-corrected chi connectivity index (χ3v) is 4.57. The van der Waals surface area contributed by atoms with Crippen LogP contribution < -0.4 is 10.6 Å². The lowest BCUT2D eigenvalue weighted by molar-refractivity contribution is -0.119. The van der Waals surface area contributed by atoms with E-state index in [1.54, 1.807) is 11.0 Å². The van der Waals surface area contributed by atoms with Crippen molar-refractivity contribution in [1.29, 1.82) is 0 Å². The second-order valence-electron chi connectivity index (χ2n) is 6.47. The van der Waals surface area contributed by atoms with E-state index in [0.717, 1.165) is 6.07 Å². The third-order valence-electron chi connectivity index (χ3n) is 4.08. The Kier molecular flexibility index (Phi) is 8.79. The highest BCUT2D eigenvalue weighted by molar-refractivity contribution is 9.10. The highest BCUT2D eigenvalue weighted by Crippen LogP contribution is 2.20. The van der Waals surface area contributed by atoms with Crippen LogP contribution in [0.2, 0.25) is 0 Å². The quantitative estimate of drug-likeness (QED) is 0.397. The molecule has 0 aliphatic carbocycles. The second kappa shape index (κ2) is 11.1. The van der Waals surface area contributed by atoms with E-state index in [0.29, 0.717) is 23.5 Å². The number of carbonyl (C=O) groups is 2. The molecule has 0 unspecified atom stereocenters. The number of carbonyl (C=O) groups excluding carboxylic acids is 2. The summed E-state index contributed by atoms with van der Waals surface area (Å²) in [5.74, 6) is -6.18. The predicted octanol–water partition coefficient (Wildman–Crippen LogP) is 4.68. The molecule has 0 radical (unpaired) electrons. The number of amides is 2. The summed E-state index contributed by atoms with van der Waals surface area (Å²) < 4.78 is 54.3. The third kappa shape index (κ3) is 6.81. The Morgan fingerprint density at radius 2 is 1.57 bits per heavy atom. The van der Waals surface area contributed by atoms with Gasteiger partial charge in [-0.15, -0.1) is 0 Å². The zero-order valence-corrected chi connectivity index (χ0v) is 17.7. The molecular formula is C20H20BrF4N3O2. The Balaban J connectivity index is 1.91. The summed E-state index contributed by atoms with van der Waals surface area (Å²) in [5.41, 5.74) is -0.435. The van der Waals surface area contributed by atoms with Crippen LogP contribution in [0.5, 0.6) is 0 Å². The van der Waals surface area contributed by atoms with Crippen molar-refractivity contribution in [2.75, 3.05) is 30.3 Å². The first kappa shape index (κ1) is 23.8. The molecule has 0 spiro atoms. The van der Waals surface area contributed by atoms with Crippen molar-refractivity contribution in [1.82, 2.24) is 4.90 Å². The van der Waals surface area contributed by atoms with E-state index in [1.165, 1.54) is 12.1 Å². The van der Waals surface area contributed by atoms with Crippen molar-refractivity contribution in [2.45, 2.75) is 19.8 Å². The number of nitrogens with one attached hydrogen (secondary N) is 2. The highest BCUT2D eigenvalue weighted by Gasteiger charge is 2.17. The molecule has 0 aromatic heterocycles. The van der Waals surface area contributed by atoms with Gasteiger partial charge in [0, 0.05) is 17.4 Å².